The van der Waals surface area contributed by atoms with E-state index in [1.165, 1.54) is 0 Å². The van der Waals surface area contributed by atoms with Crippen LogP contribution in [0.1, 0.15) is 16.7 Å². The predicted molar refractivity (Wildman–Crippen MR) is 79.7 cm³/mol. The van der Waals surface area contributed by atoms with Crippen molar-refractivity contribution in [2.75, 3.05) is 0 Å². The molecule has 0 bridgehead atoms. The van der Waals surface area contributed by atoms with E-state index in [0.29, 0.717) is 11.3 Å². The van der Waals surface area contributed by atoms with Crippen molar-refractivity contribution in [3.63, 3.8) is 0 Å². The fourth-order valence-corrected chi connectivity index (χ4v) is 2.16. The summed E-state index contributed by atoms with van der Waals surface area (Å²) < 4.78 is 5.34. The van der Waals surface area contributed by atoms with Gasteiger partial charge < -0.3 is 4.74 Å². The zero-order valence-electron chi connectivity index (χ0n) is 11.2. The van der Waals surface area contributed by atoms with Gasteiger partial charge in [-0.15, -0.1) is 0 Å². The van der Waals surface area contributed by atoms with E-state index in [4.69, 9.17) is 4.74 Å². The van der Waals surface area contributed by atoms with Crippen LogP contribution in [-0.4, -0.2) is 5.97 Å². The van der Waals surface area contributed by atoms with Gasteiger partial charge in [0, 0.05) is 5.56 Å². The van der Waals surface area contributed by atoms with Gasteiger partial charge in [-0.05, 0) is 30.7 Å². The van der Waals surface area contributed by atoms with Gasteiger partial charge in [-0.25, -0.2) is 4.79 Å². The van der Waals surface area contributed by atoms with Gasteiger partial charge in [-0.1, -0.05) is 54.1 Å². The lowest BCUT2D eigenvalue weighted by Gasteiger charge is -2.02. The zero-order valence-corrected chi connectivity index (χ0v) is 11.2. The van der Waals surface area contributed by atoms with Gasteiger partial charge in [0.25, 0.3) is 0 Å². The number of aryl methyl sites for hydroxylation is 1. The number of esters is 1. The molecule has 0 spiro atoms. The van der Waals surface area contributed by atoms with E-state index in [9.17, 15) is 4.79 Å². The van der Waals surface area contributed by atoms with E-state index < -0.39 is 0 Å². The molecule has 20 heavy (non-hydrogen) atoms. The monoisotopic (exact) mass is 262 g/mol. The second-order valence-electron chi connectivity index (χ2n) is 4.78. The largest absolute Gasteiger partial charge is 0.422 e. The second-order valence-corrected chi connectivity index (χ2v) is 4.78. The first-order chi connectivity index (χ1) is 9.72. The second kappa shape index (κ2) is 5.17. The molecule has 0 radical (unpaired) electrons. The molecule has 1 heterocycles. The fraction of sp³-hybridized carbons (Fsp3) is 0.0556. The molecule has 0 saturated heterocycles. The Labute approximate surface area is 118 Å². The Kier molecular flexibility index (Phi) is 3.21. The molecule has 0 aliphatic carbocycles. The highest BCUT2D eigenvalue weighted by molar-refractivity contribution is 6.05. The minimum absolute atomic E-state index is 0.301. The van der Waals surface area contributed by atoms with Crippen molar-refractivity contribution in [3.05, 3.63) is 82.9 Å². The van der Waals surface area contributed by atoms with Gasteiger partial charge in [-0.3, -0.25) is 0 Å². The van der Waals surface area contributed by atoms with E-state index in [0.717, 1.165) is 16.7 Å². The molecular weight excluding hydrogens is 248 g/mol. The van der Waals surface area contributed by atoms with Crippen molar-refractivity contribution in [2.24, 2.45) is 0 Å². The molecule has 3 rings (SSSR count). The Balaban J connectivity index is 1.95. The van der Waals surface area contributed by atoms with Crippen LogP contribution >= 0.6 is 0 Å². The maximum absolute atomic E-state index is 11.9. The van der Waals surface area contributed by atoms with Gasteiger partial charge in [0.05, 0.1) is 5.57 Å². The number of cyclic esters (lactones) is 1. The van der Waals surface area contributed by atoms with Crippen LogP contribution < -0.4 is 0 Å². The Bertz CT molecular complexity index is 709. The number of hydrogen-bond donors (Lipinski definition) is 0. The van der Waals surface area contributed by atoms with Crippen molar-refractivity contribution < 1.29 is 9.53 Å². The van der Waals surface area contributed by atoms with Crippen LogP contribution in [0.15, 0.2) is 66.2 Å². The quantitative estimate of drug-likeness (QED) is 0.604. The highest BCUT2D eigenvalue weighted by Crippen LogP contribution is 2.27. The maximum atomic E-state index is 11.9. The average molecular weight is 262 g/mol. The predicted octanol–water partition coefficient (Wildman–Crippen LogP) is 3.98. The molecule has 0 fully saturated rings. The topological polar surface area (TPSA) is 26.3 Å². The van der Waals surface area contributed by atoms with E-state index in [-0.39, 0.29) is 5.97 Å². The number of rotatable bonds is 2. The summed E-state index contributed by atoms with van der Waals surface area (Å²) in [7, 11) is 0. The highest BCUT2D eigenvalue weighted by atomic mass is 16.5. The minimum Gasteiger partial charge on any atom is -0.422 e. The van der Waals surface area contributed by atoms with Crippen LogP contribution in [0.25, 0.3) is 11.8 Å². The van der Waals surface area contributed by atoms with Crippen LogP contribution in [0.4, 0.5) is 0 Å². The lowest BCUT2D eigenvalue weighted by atomic mass is 10.1. The van der Waals surface area contributed by atoms with E-state index in [2.05, 4.69) is 0 Å². The van der Waals surface area contributed by atoms with Crippen molar-refractivity contribution in [1.29, 1.82) is 0 Å². The minimum atomic E-state index is -0.301. The molecule has 1 aliphatic rings. The van der Waals surface area contributed by atoms with Gasteiger partial charge in [0.2, 0.25) is 0 Å². The molecule has 2 nitrogen and oxygen atoms in total. The number of benzene rings is 2. The van der Waals surface area contributed by atoms with Crippen molar-refractivity contribution in [1.82, 2.24) is 0 Å². The molecule has 0 saturated carbocycles. The maximum Gasteiger partial charge on any atom is 0.343 e. The smallest absolute Gasteiger partial charge is 0.343 e. The number of ether oxygens (including phenoxy) is 1. The molecule has 0 N–H and O–H groups in total. The third kappa shape index (κ3) is 2.54. The Morgan fingerprint density at radius 1 is 1.00 bits per heavy atom. The highest BCUT2D eigenvalue weighted by Gasteiger charge is 2.21. The van der Waals surface area contributed by atoms with Crippen LogP contribution in [0.5, 0.6) is 0 Å². The first-order valence-electron chi connectivity index (χ1n) is 6.50. The molecule has 0 unspecified atom stereocenters. The Morgan fingerprint density at radius 2 is 1.80 bits per heavy atom. The summed E-state index contributed by atoms with van der Waals surface area (Å²) in [5.74, 6) is 0.311. The van der Waals surface area contributed by atoms with E-state index in [1.54, 1.807) is 6.08 Å². The number of carbonyl (C=O) groups excluding carboxylic acids is 1. The molecule has 0 amide bonds. The Hall–Kier alpha value is -2.61. The van der Waals surface area contributed by atoms with Crippen molar-refractivity contribution in [2.45, 2.75) is 6.92 Å². The van der Waals surface area contributed by atoms with Gasteiger partial charge in [0.15, 0.2) is 0 Å². The van der Waals surface area contributed by atoms with Crippen LogP contribution in [0.2, 0.25) is 0 Å². The summed E-state index contributed by atoms with van der Waals surface area (Å²) >= 11 is 0. The normalized spacial score (nSPS) is 16.1. The molecule has 2 aromatic carbocycles. The summed E-state index contributed by atoms with van der Waals surface area (Å²) in [5, 5.41) is 0. The summed E-state index contributed by atoms with van der Waals surface area (Å²) in [4.78, 5) is 11.9. The summed E-state index contributed by atoms with van der Waals surface area (Å²) in [6.45, 7) is 2.02. The van der Waals surface area contributed by atoms with Gasteiger partial charge >= 0.3 is 5.97 Å². The lowest BCUT2D eigenvalue weighted by molar-refractivity contribution is -0.130. The zero-order chi connectivity index (χ0) is 13.9. The summed E-state index contributed by atoms with van der Waals surface area (Å²) in [6, 6.07) is 17.7. The number of carbonyl (C=O) groups is 1. The van der Waals surface area contributed by atoms with Crippen LogP contribution in [-0.2, 0) is 9.53 Å². The molecule has 2 aromatic rings. The molecule has 0 aromatic heterocycles. The van der Waals surface area contributed by atoms with E-state index >= 15 is 0 Å². The first-order valence-corrected chi connectivity index (χ1v) is 6.50. The molecule has 2 heteroatoms. The van der Waals surface area contributed by atoms with Crippen molar-refractivity contribution in [3.8, 4) is 0 Å². The summed E-state index contributed by atoms with van der Waals surface area (Å²) in [5.41, 5.74) is 3.63. The number of hydrogen-bond acceptors (Lipinski definition) is 2. The standard InChI is InChI=1S/C18H14O2/c1-13-6-5-9-15(10-13)17-12-16(18(19)20-17)11-14-7-3-2-4-8-14/h2-12H,1H3/b16-11-. The van der Waals surface area contributed by atoms with Crippen molar-refractivity contribution >= 4 is 17.8 Å². The molecule has 98 valence electrons. The molecule has 1 aliphatic heterocycles. The van der Waals surface area contributed by atoms with Crippen LogP contribution in [0.3, 0.4) is 0 Å². The fourth-order valence-electron chi connectivity index (χ4n) is 2.16. The molecule has 0 atom stereocenters. The van der Waals surface area contributed by atoms with Crippen LogP contribution in [0, 0.1) is 6.92 Å². The van der Waals surface area contributed by atoms with Gasteiger partial charge in [-0.2, -0.15) is 0 Å². The third-order valence-electron chi connectivity index (χ3n) is 3.15. The third-order valence-corrected chi connectivity index (χ3v) is 3.15. The first kappa shape index (κ1) is 12.4. The average Bonchev–Trinajstić information content (AvgIpc) is 2.81. The lowest BCUT2D eigenvalue weighted by Crippen LogP contribution is -1.97. The van der Waals surface area contributed by atoms with E-state index in [1.807, 2.05) is 67.6 Å². The Morgan fingerprint density at radius 3 is 2.55 bits per heavy atom. The SMILES string of the molecule is Cc1cccc(C2=C/C(=C/c3ccccc3)C(=O)O2)c1. The molecular formula is C18H14O2. The van der Waals surface area contributed by atoms with Gasteiger partial charge in [0.1, 0.15) is 5.76 Å². The summed E-state index contributed by atoms with van der Waals surface area (Å²) in [6.07, 6.45) is 3.63.